The van der Waals surface area contributed by atoms with Gasteiger partial charge in [0.05, 0.1) is 0 Å². The smallest absolute Gasteiger partial charge is 0.175 e. The van der Waals surface area contributed by atoms with Crippen molar-refractivity contribution < 1.29 is 0 Å². The van der Waals surface area contributed by atoms with Gasteiger partial charge in [0.15, 0.2) is 5.11 Å². The molecule has 2 rings (SSSR count). The number of thiocarbonyl (C=S) groups is 1. The van der Waals surface area contributed by atoms with Gasteiger partial charge in [0.25, 0.3) is 0 Å². The Kier molecular flexibility index (Phi) is 5.37. The van der Waals surface area contributed by atoms with Gasteiger partial charge < -0.3 is 10.6 Å². The molecule has 0 saturated heterocycles. The third kappa shape index (κ3) is 4.55. The summed E-state index contributed by atoms with van der Waals surface area (Å²) in [7, 11) is 0. The molecule has 0 atom stereocenters. The Morgan fingerprint density at radius 2 is 1.71 bits per heavy atom. The zero-order valence-electron chi connectivity index (χ0n) is 12.4. The van der Waals surface area contributed by atoms with E-state index in [4.69, 9.17) is 12.2 Å². The van der Waals surface area contributed by atoms with E-state index < -0.39 is 0 Å². The average molecular weight is 363 g/mol. The Labute approximate surface area is 140 Å². The van der Waals surface area contributed by atoms with Gasteiger partial charge in [0, 0.05) is 15.8 Å². The molecular weight excluding hydrogens is 344 g/mol. The monoisotopic (exact) mass is 362 g/mol. The summed E-state index contributed by atoms with van der Waals surface area (Å²) in [5, 5.41) is 7.02. The topological polar surface area (TPSA) is 24.1 Å². The summed E-state index contributed by atoms with van der Waals surface area (Å²) >= 11 is 8.82. The highest BCUT2D eigenvalue weighted by Crippen LogP contribution is 2.21. The van der Waals surface area contributed by atoms with E-state index in [0.717, 1.165) is 21.4 Å². The summed E-state index contributed by atoms with van der Waals surface area (Å²) in [5.74, 6) is 0.537. The molecular formula is C17H19BrN2S. The number of aryl methyl sites for hydroxylation is 1. The van der Waals surface area contributed by atoms with Crippen LogP contribution in [0.3, 0.4) is 0 Å². The van der Waals surface area contributed by atoms with Gasteiger partial charge in [-0.3, -0.25) is 0 Å². The van der Waals surface area contributed by atoms with E-state index in [1.165, 1.54) is 5.56 Å². The van der Waals surface area contributed by atoms with Gasteiger partial charge in [-0.05, 0) is 66.5 Å². The fourth-order valence-corrected chi connectivity index (χ4v) is 2.71. The van der Waals surface area contributed by atoms with Crippen LogP contribution in [0.2, 0.25) is 0 Å². The van der Waals surface area contributed by atoms with Crippen molar-refractivity contribution >= 4 is 44.6 Å². The summed E-state index contributed by atoms with van der Waals surface area (Å²) in [6.45, 7) is 6.42. The Morgan fingerprint density at radius 3 is 2.29 bits per heavy atom. The Hall–Kier alpha value is -1.39. The molecule has 0 bridgehead atoms. The fraction of sp³-hybridized carbons (Fsp3) is 0.235. The first kappa shape index (κ1) is 16.0. The number of halogens is 1. The van der Waals surface area contributed by atoms with Crippen molar-refractivity contribution in [2.24, 2.45) is 0 Å². The second kappa shape index (κ2) is 7.05. The number of benzene rings is 2. The minimum atomic E-state index is 0.537. The Morgan fingerprint density at radius 1 is 1.05 bits per heavy atom. The summed E-state index contributed by atoms with van der Waals surface area (Å²) in [6, 6.07) is 14.4. The molecule has 0 unspecified atom stereocenters. The molecule has 2 aromatic carbocycles. The third-order valence-electron chi connectivity index (χ3n) is 3.27. The maximum atomic E-state index is 5.36. The molecule has 0 aliphatic heterocycles. The van der Waals surface area contributed by atoms with Crippen LogP contribution in [-0.4, -0.2) is 5.11 Å². The number of rotatable bonds is 3. The van der Waals surface area contributed by atoms with Crippen molar-refractivity contribution in [3.8, 4) is 0 Å². The first-order valence-electron chi connectivity index (χ1n) is 6.90. The van der Waals surface area contributed by atoms with Gasteiger partial charge in [-0.1, -0.05) is 41.9 Å². The van der Waals surface area contributed by atoms with Gasteiger partial charge in [0.1, 0.15) is 0 Å². The SMILES string of the molecule is Cc1cc(Br)ccc1NC(=S)Nc1ccc(C(C)C)cc1. The van der Waals surface area contributed by atoms with E-state index in [1.54, 1.807) is 0 Å². The summed E-state index contributed by atoms with van der Waals surface area (Å²) < 4.78 is 1.06. The predicted molar refractivity (Wildman–Crippen MR) is 99.3 cm³/mol. The lowest BCUT2D eigenvalue weighted by Gasteiger charge is -2.13. The lowest BCUT2D eigenvalue weighted by Crippen LogP contribution is -2.19. The van der Waals surface area contributed by atoms with Crippen LogP contribution in [0.15, 0.2) is 46.9 Å². The largest absolute Gasteiger partial charge is 0.332 e. The molecule has 0 amide bonds. The lowest BCUT2D eigenvalue weighted by molar-refractivity contribution is 0.867. The zero-order valence-corrected chi connectivity index (χ0v) is 14.8. The molecule has 21 heavy (non-hydrogen) atoms. The Bertz CT molecular complexity index is 636. The van der Waals surface area contributed by atoms with Crippen molar-refractivity contribution in [2.45, 2.75) is 26.7 Å². The maximum Gasteiger partial charge on any atom is 0.175 e. The van der Waals surface area contributed by atoms with Crippen molar-refractivity contribution in [1.82, 2.24) is 0 Å². The molecule has 2 nitrogen and oxygen atoms in total. The van der Waals surface area contributed by atoms with E-state index in [0.29, 0.717) is 11.0 Å². The summed E-state index contributed by atoms with van der Waals surface area (Å²) in [5.41, 5.74) is 4.47. The molecule has 0 heterocycles. The van der Waals surface area contributed by atoms with Gasteiger partial charge in [0.2, 0.25) is 0 Å². The van der Waals surface area contributed by atoms with Crippen LogP contribution in [0.5, 0.6) is 0 Å². The molecule has 0 aliphatic rings. The first-order valence-corrected chi connectivity index (χ1v) is 8.10. The van der Waals surface area contributed by atoms with Gasteiger partial charge in [-0.25, -0.2) is 0 Å². The quantitative estimate of drug-likeness (QED) is 0.685. The van der Waals surface area contributed by atoms with Crippen LogP contribution in [0, 0.1) is 6.92 Å². The molecule has 0 radical (unpaired) electrons. The number of nitrogens with one attached hydrogen (secondary N) is 2. The van der Waals surface area contributed by atoms with Crippen LogP contribution < -0.4 is 10.6 Å². The van der Waals surface area contributed by atoms with Gasteiger partial charge in [-0.2, -0.15) is 0 Å². The fourth-order valence-electron chi connectivity index (χ4n) is 2.00. The molecule has 0 aromatic heterocycles. The van der Waals surface area contributed by atoms with E-state index in [9.17, 15) is 0 Å². The average Bonchev–Trinajstić information content (AvgIpc) is 2.42. The van der Waals surface area contributed by atoms with Crippen LogP contribution in [0.1, 0.15) is 30.9 Å². The number of hydrogen-bond acceptors (Lipinski definition) is 1. The molecule has 0 spiro atoms. The third-order valence-corrected chi connectivity index (χ3v) is 3.97. The van der Waals surface area contributed by atoms with E-state index in [2.05, 4.69) is 70.7 Å². The van der Waals surface area contributed by atoms with E-state index in [1.807, 2.05) is 19.1 Å². The van der Waals surface area contributed by atoms with Crippen molar-refractivity contribution in [1.29, 1.82) is 0 Å². The molecule has 110 valence electrons. The Balaban J connectivity index is 2.01. The van der Waals surface area contributed by atoms with Crippen molar-refractivity contribution in [3.05, 3.63) is 58.1 Å². The second-order valence-corrected chi connectivity index (χ2v) is 6.64. The summed E-state index contributed by atoms with van der Waals surface area (Å²) in [6.07, 6.45) is 0. The second-order valence-electron chi connectivity index (χ2n) is 5.32. The number of hydrogen-bond donors (Lipinski definition) is 2. The van der Waals surface area contributed by atoms with Crippen molar-refractivity contribution in [2.75, 3.05) is 10.6 Å². The van der Waals surface area contributed by atoms with Crippen LogP contribution in [-0.2, 0) is 0 Å². The summed E-state index contributed by atoms with van der Waals surface area (Å²) in [4.78, 5) is 0. The minimum Gasteiger partial charge on any atom is -0.332 e. The molecule has 0 aliphatic carbocycles. The highest BCUT2D eigenvalue weighted by atomic mass is 79.9. The molecule has 4 heteroatoms. The number of anilines is 2. The molecule has 2 aromatic rings. The lowest BCUT2D eigenvalue weighted by atomic mass is 10.0. The molecule has 0 saturated carbocycles. The molecule has 0 fully saturated rings. The van der Waals surface area contributed by atoms with Gasteiger partial charge >= 0.3 is 0 Å². The van der Waals surface area contributed by atoms with Crippen LogP contribution in [0.4, 0.5) is 11.4 Å². The zero-order chi connectivity index (χ0) is 15.4. The van der Waals surface area contributed by atoms with E-state index >= 15 is 0 Å². The standard InChI is InChI=1S/C17H19BrN2S/c1-11(2)13-4-7-15(8-5-13)19-17(21)20-16-9-6-14(18)10-12(16)3/h4-11H,1-3H3,(H2,19,20,21). The highest BCUT2D eigenvalue weighted by molar-refractivity contribution is 9.10. The van der Waals surface area contributed by atoms with Crippen molar-refractivity contribution in [3.63, 3.8) is 0 Å². The first-order chi connectivity index (χ1) is 9.95. The van der Waals surface area contributed by atoms with Crippen LogP contribution in [0.25, 0.3) is 0 Å². The predicted octanol–water partition coefficient (Wildman–Crippen LogP) is 5.69. The normalized spacial score (nSPS) is 10.5. The molecule has 2 N–H and O–H groups in total. The highest BCUT2D eigenvalue weighted by Gasteiger charge is 2.03. The van der Waals surface area contributed by atoms with Crippen LogP contribution >= 0.6 is 28.1 Å². The maximum absolute atomic E-state index is 5.36. The minimum absolute atomic E-state index is 0.537. The van der Waals surface area contributed by atoms with Gasteiger partial charge in [-0.15, -0.1) is 0 Å². The van der Waals surface area contributed by atoms with E-state index in [-0.39, 0.29) is 0 Å².